The molecule has 0 bridgehead atoms. The van der Waals surface area contributed by atoms with Crippen LogP contribution < -0.4 is 4.57 Å². The van der Waals surface area contributed by atoms with Crippen LogP contribution in [0.2, 0.25) is 0 Å². The molecule has 2 aromatic rings. The second kappa shape index (κ2) is 6.70. The van der Waals surface area contributed by atoms with Gasteiger partial charge >= 0.3 is 5.82 Å². The second-order valence-corrected chi connectivity index (χ2v) is 6.68. The molecule has 0 unspecified atom stereocenters. The zero-order chi connectivity index (χ0) is 17.4. The van der Waals surface area contributed by atoms with Gasteiger partial charge in [-0.2, -0.15) is 0 Å². The van der Waals surface area contributed by atoms with Gasteiger partial charge < -0.3 is 0 Å². The summed E-state index contributed by atoms with van der Waals surface area (Å²) >= 11 is 0. The lowest BCUT2D eigenvalue weighted by molar-refractivity contribution is -0.680. The van der Waals surface area contributed by atoms with E-state index in [-0.39, 0.29) is 0 Å². The van der Waals surface area contributed by atoms with Crippen molar-refractivity contribution in [2.45, 2.75) is 86.7 Å². The minimum Gasteiger partial charge on any atom is -0.223 e. The quantitative estimate of drug-likeness (QED) is 0.627. The first-order valence-corrected chi connectivity index (χ1v) is 9.84. The van der Waals surface area contributed by atoms with Gasteiger partial charge in [-0.05, 0) is 54.9 Å². The first kappa shape index (κ1) is 17.2. The standard InChI is InChI=1S/C21H32N3/c1-7-14-15(8-2)17(10-4)20-18(16(14)9-3)13-23-19(11-5)24(12-6)22-21(20)23/h7-13H2,1-6H3/q+1. The third kappa shape index (κ3) is 2.24. The summed E-state index contributed by atoms with van der Waals surface area (Å²) in [5.74, 6) is 2.58. The average Bonchev–Trinajstić information content (AvgIpc) is 3.14. The fraction of sp³-hybridized carbons (Fsp3) is 0.619. The number of nitrogens with zero attached hydrogens (tertiary/aromatic N) is 3. The Balaban J connectivity index is 2.37. The van der Waals surface area contributed by atoms with Crippen molar-refractivity contribution in [3.8, 4) is 11.4 Å². The minimum atomic E-state index is 0.953. The largest absolute Gasteiger partial charge is 0.309 e. The molecule has 130 valence electrons. The molecule has 0 aliphatic carbocycles. The summed E-state index contributed by atoms with van der Waals surface area (Å²) in [6, 6.07) is 0. The Bertz CT molecular complexity index is 768. The first-order chi connectivity index (χ1) is 11.7. The Morgan fingerprint density at radius 3 is 1.88 bits per heavy atom. The van der Waals surface area contributed by atoms with Crippen molar-refractivity contribution in [3.05, 3.63) is 33.6 Å². The van der Waals surface area contributed by atoms with Crippen LogP contribution in [0.5, 0.6) is 0 Å². The summed E-state index contributed by atoms with van der Waals surface area (Å²) < 4.78 is 4.67. The van der Waals surface area contributed by atoms with Crippen molar-refractivity contribution >= 4 is 0 Å². The Morgan fingerprint density at radius 2 is 1.38 bits per heavy atom. The van der Waals surface area contributed by atoms with Gasteiger partial charge in [0.15, 0.2) is 0 Å². The lowest BCUT2D eigenvalue weighted by Crippen LogP contribution is -2.36. The maximum atomic E-state index is 5.02. The van der Waals surface area contributed by atoms with Crippen LogP contribution in [-0.2, 0) is 45.2 Å². The van der Waals surface area contributed by atoms with E-state index in [0.29, 0.717) is 0 Å². The van der Waals surface area contributed by atoms with Crippen molar-refractivity contribution in [2.75, 3.05) is 0 Å². The monoisotopic (exact) mass is 326 g/mol. The lowest BCUT2D eigenvalue weighted by atomic mass is 9.83. The molecule has 0 saturated carbocycles. The van der Waals surface area contributed by atoms with Crippen LogP contribution in [0.1, 0.15) is 75.2 Å². The number of rotatable bonds is 6. The molecule has 0 saturated heterocycles. The smallest absolute Gasteiger partial charge is 0.223 e. The second-order valence-electron chi connectivity index (χ2n) is 6.68. The van der Waals surface area contributed by atoms with Crippen molar-refractivity contribution in [1.82, 2.24) is 9.78 Å². The van der Waals surface area contributed by atoms with E-state index >= 15 is 0 Å². The van der Waals surface area contributed by atoms with Crippen LogP contribution >= 0.6 is 0 Å². The SMILES string of the molecule is CCc1c(CC)c(CC)c2c(c1CC)C[n+]1c-2nn(CC)c1CC. The van der Waals surface area contributed by atoms with E-state index in [1.807, 2.05) is 0 Å². The van der Waals surface area contributed by atoms with Crippen LogP contribution in [0.15, 0.2) is 0 Å². The molecule has 0 spiro atoms. The van der Waals surface area contributed by atoms with Gasteiger partial charge in [-0.15, -0.1) is 4.68 Å². The van der Waals surface area contributed by atoms with E-state index in [1.54, 1.807) is 27.8 Å². The maximum absolute atomic E-state index is 5.02. The minimum absolute atomic E-state index is 0.953. The van der Waals surface area contributed by atoms with Gasteiger partial charge in [0.2, 0.25) is 5.82 Å². The molecule has 3 heteroatoms. The van der Waals surface area contributed by atoms with Gasteiger partial charge in [-0.3, -0.25) is 0 Å². The number of hydrogen-bond donors (Lipinski definition) is 0. The molecule has 0 fully saturated rings. The third-order valence-corrected chi connectivity index (χ3v) is 5.71. The highest BCUT2D eigenvalue weighted by molar-refractivity contribution is 5.71. The predicted molar refractivity (Wildman–Crippen MR) is 99.5 cm³/mol. The molecule has 0 amide bonds. The highest BCUT2D eigenvalue weighted by Crippen LogP contribution is 2.38. The van der Waals surface area contributed by atoms with Crippen LogP contribution in [0, 0.1) is 0 Å². The van der Waals surface area contributed by atoms with E-state index in [9.17, 15) is 0 Å². The molecular weight excluding hydrogens is 294 g/mol. The number of benzene rings is 1. The molecule has 3 nitrogen and oxygen atoms in total. The zero-order valence-electron chi connectivity index (χ0n) is 16.3. The fourth-order valence-electron chi connectivity index (χ4n) is 4.77. The number of hydrogen-bond acceptors (Lipinski definition) is 1. The molecular formula is C21H32N3+. The number of aromatic nitrogens is 3. The van der Waals surface area contributed by atoms with E-state index < -0.39 is 0 Å². The topological polar surface area (TPSA) is 21.7 Å². The molecule has 0 N–H and O–H groups in total. The van der Waals surface area contributed by atoms with E-state index in [1.165, 1.54) is 17.2 Å². The van der Waals surface area contributed by atoms with E-state index in [2.05, 4.69) is 50.8 Å². The zero-order valence-corrected chi connectivity index (χ0v) is 16.3. The van der Waals surface area contributed by atoms with Crippen LogP contribution in [-0.4, -0.2) is 9.78 Å². The summed E-state index contributed by atoms with van der Waals surface area (Å²) in [7, 11) is 0. The van der Waals surface area contributed by atoms with Crippen molar-refractivity contribution < 1.29 is 4.57 Å². The Hall–Kier alpha value is -1.64. The Kier molecular flexibility index (Phi) is 4.80. The molecule has 0 atom stereocenters. The summed E-state index contributed by atoms with van der Waals surface area (Å²) in [6.07, 6.45) is 5.54. The van der Waals surface area contributed by atoms with Crippen molar-refractivity contribution in [3.63, 3.8) is 0 Å². The molecule has 0 radical (unpaired) electrons. The predicted octanol–water partition coefficient (Wildman–Crippen LogP) is 4.03. The fourth-order valence-corrected chi connectivity index (χ4v) is 4.77. The molecule has 1 aromatic heterocycles. The Morgan fingerprint density at radius 1 is 0.792 bits per heavy atom. The highest BCUT2D eigenvalue weighted by atomic mass is 15.4. The van der Waals surface area contributed by atoms with Gasteiger partial charge in [0, 0.05) is 17.1 Å². The van der Waals surface area contributed by atoms with E-state index in [0.717, 1.165) is 45.2 Å². The van der Waals surface area contributed by atoms with Crippen molar-refractivity contribution in [1.29, 1.82) is 0 Å². The van der Waals surface area contributed by atoms with Crippen molar-refractivity contribution in [2.24, 2.45) is 0 Å². The number of fused-ring (bicyclic) bond motifs is 3. The Labute approximate surface area is 146 Å². The average molecular weight is 327 g/mol. The summed E-state index contributed by atoms with van der Waals surface area (Å²) in [4.78, 5) is 0. The summed E-state index contributed by atoms with van der Waals surface area (Å²) in [6.45, 7) is 15.7. The summed E-state index contributed by atoms with van der Waals surface area (Å²) in [5.41, 5.74) is 9.37. The van der Waals surface area contributed by atoms with Crippen LogP contribution in [0.3, 0.4) is 0 Å². The molecule has 2 heterocycles. The van der Waals surface area contributed by atoms with Crippen LogP contribution in [0.25, 0.3) is 11.4 Å². The first-order valence-electron chi connectivity index (χ1n) is 9.84. The van der Waals surface area contributed by atoms with Gasteiger partial charge in [0.25, 0.3) is 0 Å². The van der Waals surface area contributed by atoms with Gasteiger partial charge in [0.1, 0.15) is 6.54 Å². The molecule has 3 rings (SSSR count). The van der Waals surface area contributed by atoms with Gasteiger partial charge in [0.05, 0.1) is 12.1 Å². The lowest BCUT2D eigenvalue weighted by Gasteiger charge is -2.20. The molecule has 1 aliphatic rings. The molecule has 1 aromatic carbocycles. The van der Waals surface area contributed by atoms with Gasteiger partial charge in [-0.1, -0.05) is 34.6 Å². The maximum Gasteiger partial charge on any atom is 0.309 e. The normalized spacial score (nSPS) is 12.6. The van der Waals surface area contributed by atoms with Crippen LogP contribution in [0.4, 0.5) is 0 Å². The number of aryl methyl sites for hydroxylation is 1. The molecule has 1 aliphatic heterocycles. The van der Waals surface area contributed by atoms with E-state index in [4.69, 9.17) is 5.10 Å². The highest BCUT2D eigenvalue weighted by Gasteiger charge is 2.37. The molecule has 24 heavy (non-hydrogen) atoms. The van der Waals surface area contributed by atoms with Gasteiger partial charge in [-0.25, -0.2) is 4.57 Å². The third-order valence-electron chi connectivity index (χ3n) is 5.71. The summed E-state index contributed by atoms with van der Waals surface area (Å²) in [5, 5.41) is 5.02.